The third kappa shape index (κ3) is 5.24. The molecule has 26 heavy (non-hydrogen) atoms. The third-order valence-electron chi connectivity index (χ3n) is 4.16. The lowest BCUT2D eigenvalue weighted by Crippen LogP contribution is -2.42. The number of piperidine rings is 1. The molecule has 0 bridgehead atoms. The van der Waals surface area contributed by atoms with E-state index < -0.39 is 5.60 Å². The van der Waals surface area contributed by atoms with Crippen LogP contribution < -0.4 is 0 Å². The molecule has 1 aliphatic heterocycles. The highest BCUT2D eigenvalue weighted by Crippen LogP contribution is 2.27. The van der Waals surface area contributed by atoms with Crippen LogP contribution in [-0.2, 0) is 10.5 Å². The molecule has 0 N–H and O–H groups in total. The number of aromatic nitrogens is 2. The molecule has 5 nitrogen and oxygen atoms in total. The number of fused-ring (bicyclic) bond motifs is 1. The zero-order chi connectivity index (χ0) is 18.7. The molecule has 0 radical (unpaired) electrons. The molecule has 1 amide bonds. The van der Waals surface area contributed by atoms with Crippen molar-refractivity contribution in [3.63, 3.8) is 0 Å². The van der Waals surface area contributed by atoms with Crippen LogP contribution >= 0.6 is 23.4 Å². The van der Waals surface area contributed by atoms with Crippen LogP contribution in [-0.4, -0.2) is 44.9 Å². The Hall–Kier alpha value is -1.53. The summed E-state index contributed by atoms with van der Waals surface area (Å²) in [6.07, 6.45) is 3.50. The Balaban J connectivity index is 1.50. The summed E-state index contributed by atoms with van der Waals surface area (Å²) >= 11 is 7.85. The number of hydrogen-bond donors (Lipinski definition) is 0. The van der Waals surface area contributed by atoms with Crippen LogP contribution in [0.15, 0.2) is 24.4 Å². The van der Waals surface area contributed by atoms with Crippen LogP contribution in [0.25, 0.3) is 10.9 Å². The molecule has 0 saturated carbocycles. The Morgan fingerprint density at radius 1 is 1.35 bits per heavy atom. The van der Waals surface area contributed by atoms with Crippen LogP contribution in [0.5, 0.6) is 0 Å². The summed E-state index contributed by atoms with van der Waals surface area (Å²) in [5.41, 5.74) is 1.48. The van der Waals surface area contributed by atoms with Crippen molar-refractivity contribution in [2.24, 2.45) is 0 Å². The van der Waals surface area contributed by atoms with Crippen molar-refractivity contribution in [3.05, 3.63) is 35.2 Å². The smallest absolute Gasteiger partial charge is 0.410 e. The minimum atomic E-state index is -0.442. The van der Waals surface area contributed by atoms with E-state index in [9.17, 15) is 4.79 Å². The molecule has 140 valence electrons. The lowest BCUT2D eigenvalue weighted by Gasteiger charge is -2.33. The molecule has 2 aromatic heterocycles. The number of carbonyl (C=O) groups excluding carboxylic acids is 1. The summed E-state index contributed by atoms with van der Waals surface area (Å²) in [6, 6.07) is 5.87. The highest BCUT2D eigenvalue weighted by molar-refractivity contribution is 7.99. The first-order valence-corrected chi connectivity index (χ1v) is 10.2. The summed E-state index contributed by atoms with van der Waals surface area (Å²) in [5.74, 6) is 0.854. The molecule has 3 heterocycles. The Morgan fingerprint density at radius 2 is 2.08 bits per heavy atom. The summed E-state index contributed by atoms with van der Waals surface area (Å²) in [5, 5.41) is 1.99. The highest BCUT2D eigenvalue weighted by Gasteiger charge is 2.27. The first-order chi connectivity index (χ1) is 12.3. The normalized spacial score (nSPS) is 16.1. The van der Waals surface area contributed by atoms with Gasteiger partial charge in [0.1, 0.15) is 10.8 Å². The first kappa shape index (κ1) is 19.2. The summed E-state index contributed by atoms with van der Waals surface area (Å²) in [4.78, 5) is 22.7. The van der Waals surface area contributed by atoms with E-state index in [1.807, 2.05) is 49.6 Å². The summed E-state index contributed by atoms with van der Waals surface area (Å²) in [7, 11) is 0. The maximum absolute atomic E-state index is 12.1. The Kier molecular flexibility index (Phi) is 5.92. The molecular weight excluding hydrogens is 370 g/mol. The zero-order valence-electron chi connectivity index (χ0n) is 15.4. The van der Waals surface area contributed by atoms with Gasteiger partial charge in [-0.25, -0.2) is 9.78 Å². The summed E-state index contributed by atoms with van der Waals surface area (Å²) in [6.45, 7) is 7.19. The molecule has 2 aromatic rings. The van der Waals surface area contributed by atoms with Gasteiger partial charge in [0.2, 0.25) is 0 Å². The van der Waals surface area contributed by atoms with E-state index >= 15 is 0 Å². The maximum Gasteiger partial charge on any atom is 0.410 e. The maximum atomic E-state index is 12.1. The number of pyridine rings is 2. The van der Waals surface area contributed by atoms with E-state index in [0.717, 1.165) is 48.3 Å². The van der Waals surface area contributed by atoms with Crippen LogP contribution in [0.1, 0.15) is 39.3 Å². The number of carbonyl (C=O) groups is 1. The van der Waals surface area contributed by atoms with Gasteiger partial charge < -0.3 is 9.64 Å². The standard InChI is InChI=1S/C19H24ClN3O2S/c1-19(2,3)25-18(24)23-8-6-15(7-9-23)26-12-14-5-4-13-11-21-17(20)10-16(13)22-14/h4-5,10-11,15H,6-9,12H2,1-3H3. The van der Waals surface area contributed by atoms with Gasteiger partial charge in [-0.2, -0.15) is 11.8 Å². The van der Waals surface area contributed by atoms with E-state index in [2.05, 4.69) is 9.97 Å². The second-order valence-corrected chi connectivity index (χ2v) is 9.16. The van der Waals surface area contributed by atoms with Gasteiger partial charge in [-0.3, -0.25) is 4.98 Å². The minimum absolute atomic E-state index is 0.206. The SMILES string of the molecule is CC(C)(C)OC(=O)N1CCC(SCc2ccc3cnc(Cl)cc3n2)CC1. The van der Waals surface area contributed by atoms with Crippen LogP contribution in [0.2, 0.25) is 5.15 Å². The van der Waals surface area contributed by atoms with Gasteiger partial charge in [-0.05, 0) is 45.7 Å². The molecule has 0 aromatic carbocycles. The number of likely N-dealkylation sites (tertiary alicyclic amines) is 1. The molecule has 3 rings (SSSR count). The average molecular weight is 394 g/mol. The second kappa shape index (κ2) is 8.01. The van der Waals surface area contributed by atoms with Gasteiger partial charge >= 0.3 is 6.09 Å². The Bertz CT molecular complexity index is 786. The van der Waals surface area contributed by atoms with Gasteiger partial charge in [0.05, 0.1) is 11.2 Å². The van der Waals surface area contributed by atoms with Crippen molar-refractivity contribution in [2.45, 2.75) is 50.2 Å². The average Bonchev–Trinajstić information content (AvgIpc) is 2.58. The largest absolute Gasteiger partial charge is 0.444 e. The van der Waals surface area contributed by atoms with Crippen molar-refractivity contribution in [3.8, 4) is 0 Å². The molecule has 1 fully saturated rings. The lowest BCUT2D eigenvalue weighted by molar-refractivity contribution is 0.0219. The van der Waals surface area contributed by atoms with Crippen molar-refractivity contribution < 1.29 is 9.53 Å². The van der Waals surface area contributed by atoms with Crippen molar-refractivity contribution in [2.75, 3.05) is 13.1 Å². The van der Waals surface area contributed by atoms with Crippen LogP contribution in [0.3, 0.4) is 0 Å². The topological polar surface area (TPSA) is 55.3 Å². The number of thioether (sulfide) groups is 1. The second-order valence-electron chi connectivity index (χ2n) is 7.48. The molecular formula is C19H24ClN3O2S. The minimum Gasteiger partial charge on any atom is -0.444 e. The summed E-state index contributed by atoms with van der Waals surface area (Å²) < 4.78 is 5.45. The van der Waals surface area contributed by atoms with E-state index in [4.69, 9.17) is 16.3 Å². The fourth-order valence-corrected chi connectivity index (χ4v) is 4.11. The highest BCUT2D eigenvalue weighted by atomic mass is 35.5. The predicted octanol–water partition coefficient (Wildman–Crippen LogP) is 4.92. The molecule has 0 aliphatic carbocycles. The molecule has 0 spiro atoms. The van der Waals surface area contributed by atoms with Gasteiger partial charge in [0.25, 0.3) is 0 Å². The third-order valence-corrected chi connectivity index (χ3v) is 5.77. The van der Waals surface area contributed by atoms with Crippen LogP contribution in [0, 0.1) is 0 Å². The molecule has 0 atom stereocenters. The number of rotatable bonds is 3. The number of halogens is 1. The van der Waals surface area contributed by atoms with Crippen LogP contribution in [0.4, 0.5) is 4.79 Å². The van der Waals surface area contributed by atoms with E-state index in [0.29, 0.717) is 10.4 Å². The number of ether oxygens (including phenoxy) is 1. The van der Waals surface area contributed by atoms with Crippen molar-refractivity contribution in [1.29, 1.82) is 0 Å². The quantitative estimate of drug-likeness (QED) is 0.693. The molecule has 0 unspecified atom stereocenters. The molecule has 7 heteroatoms. The van der Waals surface area contributed by atoms with Gasteiger partial charge in [-0.1, -0.05) is 11.6 Å². The fraction of sp³-hybridized carbons (Fsp3) is 0.526. The van der Waals surface area contributed by atoms with E-state index in [-0.39, 0.29) is 6.09 Å². The van der Waals surface area contributed by atoms with Gasteiger partial charge in [0, 0.05) is 41.7 Å². The van der Waals surface area contributed by atoms with E-state index in [1.165, 1.54) is 0 Å². The Morgan fingerprint density at radius 3 is 2.77 bits per heavy atom. The monoisotopic (exact) mass is 393 g/mol. The Labute approximate surface area is 163 Å². The fourth-order valence-electron chi connectivity index (χ4n) is 2.85. The predicted molar refractivity (Wildman–Crippen MR) is 107 cm³/mol. The number of nitrogens with zero attached hydrogens (tertiary/aromatic N) is 3. The van der Waals surface area contributed by atoms with E-state index in [1.54, 1.807) is 12.3 Å². The van der Waals surface area contributed by atoms with Crippen molar-refractivity contribution in [1.82, 2.24) is 14.9 Å². The zero-order valence-corrected chi connectivity index (χ0v) is 16.9. The van der Waals surface area contributed by atoms with Crippen molar-refractivity contribution >= 4 is 40.4 Å². The first-order valence-electron chi connectivity index (χ1n) is 8.81. The molecule has 1 aliphatic rings. The lowest BCUT2D eigenvalue weighted by atomic mass is 10.1. The van der Waals surface area contributed by atoms with Gasteiger partial charge in [-0.15, -0.1) is 0 Å². The number of hydrogen-bond acceptors (Lipinski definition) is 5. The van der Waals surface area contributed by atoms with Gasteiger partial charge in [0.15, 0.2) is 0 Å². The number of amides is 1. The molecule has 1 saturated heterocycles.